The van der Waals surface area contributed by atoms with Crippen molar-refractivity contribution in [1.29, 1.82) is 0 Å². The van der Waals surface area contributed by atoms with Crippen LogP contribution in [-0.2, 0) is 4.79 Å². The van der Waals surface area contributed by atoms with Gasteiger partial charge in [-0.3, -0.25) is 9.69 Å². The van der Waals surface area contributed by atoms with E-state index in [-0.39, 0.29) is 12.0 Å². The van der Waals surface area contributed by atoms with Gasteiger partial charge in [-0.05, 0) is 18.9 Å². The molecule has 2 rings (SSSR count). The molecule has 1 aliphatic heterocycles. The highest BCUT2D eigenvalue weighted by molar-refractivity contribution is 5.75. The van der Waals surface area contributed by atoms with Gasteiger partial charge in [-0.25, -0.2) is 9.97 Å². The quantitative estimate of drug-likeness (QED) is 0.783. The number of ether oxygens (including phenoxy) is 1. The molecule has 0 saturated carbocycles. The monoisotopic (exact) mass is 236 g/mol. The Labute approximate surface area is 99.8 Å². The number of primary amides is 1. The van der Waals surface area contributed by atoms with Crippen molar-refractivity contribution >= 4 is 5.91 Å². The SMILES string of the molecule is NC(=O)CN1CCC(Oc2ncccn2)CC1. The zero-order chi connectivity index (χ0) is 12.1. The molecule has 0 unspecified atom stereocenters. The molecule has 1 aliphatic rings. The molecule has 2 N–H and O–H groups in total. The lowest BCUT2D eigenvalue weighted by atomic mass is 10.1. The Balaban J connectivity index is 1.78. The van der Waals surface area contributed by atoms with Crippen molar-refractivity contribution < 1.29 is 9.53 Å². The lowest BCUT2D eigenvalue weighted by molar-refractivity contribution is -0.119. The highest BCUT2D eigenvalue weighted by atomic mass is 16.5. The lowest BCUT2D eigenvalue weighted by Crippen LogP contribution is -2.42. The molecule has 0 aliphatic carbocycles. The molecular formula is C11H16N4O2. The molecule has 0 bridgehead atoms. The standard InChI is InChI=1S/C11H16N4O2/c12-10(16)8-15-6-2-9(3-7-15)17-11-13-4-1-5-14-11/h1,4-5,9H,2-3,6-8H2,(H2,12,16). The number of rotatable bonds is 4. The van der Waals surface area contributed by atoms with Crippen molar-refractivity contribution in [2.75, 3.05) is 19.6 Å². The Morgan fingerprint density at radius 1 is 1.41 bits per heavy atom. The molecule has 92 valence electrons. The molecule has 0 spiro atoms. The van der Waals surface area contributed by atoms with Crippen LogP contribution in [-0.4, -0.2) is 46.5 Å². The predicted octanol–water partition coefficient (Wildman–Crippen LogP) is -0.195. The maximum atomic E-state index is 10.8. The first-order valence-electron chi connectivity index (χ1n) is 5.68. The van der Waals surface area contributed by atoms with Crippen LogP contribution in [0.4, 0.5) is 0 Å². The average molecular weight is 236 g/mol. The minimum Gasteiger partial charge on any atom is -0.460 e. The van der Waals surface area contributed by atoms with Crippen LogP contribution in [0.3, 0.4) is 0 Å². The Hall–Kier alpha value is -1.69. The summed E-state index contributed by atoms with van der Waals surface area (Å²) in [5.74, 6) is -0.282. The largest absolute Gasteiger partial charge is 0.460 e. The maximum Gasteiger partial charge on any atom is 0.316 e. The second-order valence-electron chi connectivity index (χ2n) is 4.09. The minimum atomic E-state index is -0.282. The lowest BCUT2D eigenvalue weighted by Gasteiger charge is -2.30. The van der Waals surface area contributed by atoms with Crippen LogP contribution < -0.4 is 10.5 Å². The van der Waals surface area contributed by atoms with E-state index in [1.165, 1.54) is 0 Å². The van der Waals surface area contributed by atoms with Crippen LogP contribution in [0.25, 0.3) is 0 Å². The van der Waals surface area contributed by atoms with Crippen LogP contribution in [0.1, 0.15) is 12.8 Å². The van der Waals surface area contributed by atoms with Crippen LogP contribution in [0, 0.1) is 0 Å². The molecule has 1 aromatic heterocycles. The molecule has 2 heterocycles. The van der Waals surface area contributed by atoms with Gasteiger partial charge in [0.15, 0.2) is 0 Å². The highest BCUT2D eigenvalue weighted by Crippen LogP contribution is 2.14. The number of likely N-dealkylation sites (tertiary alicyclic amines) is 1. The molecule has 1 saturated heterocycles. The number of nitrogens with zero attached hydrogens (tertiary/aromatic N) is 3. The zero-order valence-corrected chi connectivity index (χ0v) is 9.58. The third-order valence-electron chi connectivity index (χ3n) is 2.73. The summed E-state index contributed by atoms with van der Waals surface area (Å²) in [5.41, 5.74) is 5.15. The topological polar surface area (TPSA) is 81.3 Å². The fourth-order valence-corrected chi connectivity index (χ4v) is 1.90. The number of carbonyl (C=O) groups is 1. The van der Waals surface area contributed by atoms with E-state index in [0.29, 0.717) is 12.6 Å². The normalized spacial score (nSPS) is 17.9. The molecule has 1 aromatic rings. The first-order valence-corrected chi connectivity index (χ1v) is 5.68. The Morgan fingerprint density at radius 3 is 2.65 bits per heavy atom. The smallest absolute Gasteiger partial charge is 0.316 e. The molecule has 17 heavy (non-hydrogen) atoms. The van der Waals surface area contributed by atoms with E-state index in [2.05, 4.69) is 9.97 Å². The molecule has 6 nitrogen and oxygen atoms in total. The molecule has 0 radical (unpaired) electrons. The van der Waals surface area contributed by atoms with Gasteiger partial charge in [-0.15, -0.1) is 0 Å². The first-order chi connectivity index (χ1) is 8.24. The molecule has 0 aromatic carbocycles. The molecule has 6 heteroatoms. The van der Waals surface area contributed by atoms with Gasteiger partial charge < -0.3 is 10.5 Å². The van der Waals surface area contributed by atoms with Gasteiger partial charge in [0.25, 0.3) is 0 Å². The number of amides is 1. The van der Waals surface area contributed by atoms with E-state index in [9.17, 15) is 4.79 Å². The summed E-state index contributed by atoms with van der Waals surface area (Å²) in [6.07, 6.45) is 5.17. The van der Waals surface area contributed by atoms with Crippen molar-refractivity contribution in [1.82, 2.24) is 14.9 Å². The maximum absolute atomic E-state index is 10.8. The van der Waals surface area contributed by atoms with Gasteiger partial charge >= 0.3 is 6.01 Å². The minimum absolute atomic E-state index is 0.126. The Bertz CT molecular complexity index is 363. The predicted molar refractivity (Wildman–Crippen MR) is 61.3 cm³/mol. The second-order valence-corrected chi connectivity index (χ2v) is 4.09. The fraction of sp³-hybridized carbons (Fsp3) is 0.545. The highest BCUT2D eigenvalue weighted by Gasteiger charge is 2.21. The summed E-state index contributed by atoms with van der Waals surface area (Å²) < 4.78 is 5.64. The molecular weight excluding hydrogens is 220 g/mol. The summed E-state index contributed by atoms with van der Waals surface area (Å²) in [7, 11) is 0. The van der Waals surface area contributed by atoms with Crippen molar-refractivity contribution in [3.8, 4) is 6.01 Å². The third kappa shape index (κ3) is 3.67. The van der Waals surface area contributed by atoms with Gasteiger partial charge in [0.05, 0.1) is 6.54 Å². The molecule has 0 atom stereocenters. The van der Waals surface area contributed by atoms with Crippen LogP contribution in [0.2, 0.25) is 0 Å². The number of hydrogen-bond donors (Lipinski definition) is 1. The van der Waals surface area contributed by atoms with Gasteiger partial charge in [0.2, 0.25) is 5.91 Å². The van der Waals surface area contributed by atoms with Crippen molar-refractivity contribution in [3.63, 3.8) is 0 Å². The van der Waals surface area contributed by atoms with Crippen molar-refractivity contribution in [2.24, 2.45) is 5.73 Å². The van der Waals surface area contributed by atoms with Crippen LogP contribution in [0.15, 0.2) is 18.5 Å². The van der Waals surface area contributed by atoms with Gasteiger partial charge in [0.1, 0.15) is 6.10 Å². The summed E-state index contributed by atoms with van der Waals surface area (Å²) in [6, 6.07) is 2.17. The number of hydrogen-bond acceptors (Lipinski definition) is 5. The molecule has 1 fully saturated rings. The number of nitrogens with two attached hydrogens (primary N) is 1. The van der Waals surface area contributed by atoms with Gasteiger partial charge in [-0.1, -0.05) is 0 Å². The van der Waals surface area contributed by atoms with E-state index >= 15 is 0 Å². The van der Waals surface area contributed by atoms with Crippen molar-refractivity contribution in [3.05, 3.63) is 18.5 Å². The number of carbonyl (C=O) groups excluding carboxylic acids is 1. The zero-order valence-electron chi connectivity index (χ0n) is 9.58. The Kier molecular flexibility index (Phi) is 3.87. The van der Waals surface area contributed by atoms with E-state index in [0.717, 1.165) is 25.9 Å². The summed E-state index contributed by atoms with van der Waals surface area (Å²) in [6.45, 7) is 1.97. The fourth-order valence-electron chi connectivity index (χ4n) is 1.90. The molecule has 1 amide bonds. The number of aromatic nitrogens is 2. The third-order valence-corrected chi connectivity index (χ3v) is 2.73. The Morgan fingerprint density at radius 2 is 2.06 bits per heavy atom. The number of piperidine rings is 1. The van der Waals surface area contributed by atoms with Crippen molar-refractivity contribution in [2.45, 2.75) is 18.9 Å². The second kappa shape index (κ2) is 5.58. The first kappa shape index (κ1) is 11.8. The van der Waals surface area contributed by atoms with E-state index in [1.54, 1.807) is 18.5 Å². The van der Waals surface area contributed by atoms with Gasteiger partial charge in [-0.2, -0.15) is 0 Å². The average Bonchev–Trinajstić information content (AvgIpc) is 2.32. The van der Waals surface area contributed by atoms with Crippen LogP contribution in [0.5, 0.6) is 6.01 Å². The van der Waals surface area contributed by atoms with E-state index in [4.69, 9.17) is 10.5 Å². The summed E-state index contributed by atoms with van der Waals surface area (Å²) in [4.78, 5) is 20.8. The summed E-state index contributed by atoms with van der Waals surface area (Å²) in [5, 5.41) is 0. The summed E-state index contributed by atoms with van der Waals surface area (Å²) >= 11 is 0. The van der Waals surface area contributed by atoms with Crippen LogP contribution >= 0.6 is 0 Å². The van der Waals surface area contributed by atoms with E-state index in [1.807, 2.05) is 4.90 Å². The van der Waals surface area contributed by atoms with Gasteiger partial charge in [0, 0.05) is 25.5 Å². The van der Waals surface area contributed by atoms with E-state index < -0.39 is 0 Å².